The fourth-order valence-electron chi connectivity index (χ4n) is 3.26. The third-order valence-electron chi connectivity index (χ3n) is 5.05. The number of benzene rings is 1. The smallest absolute Gasteiger partial charge is 0.328 e. The molecule has 0 saturated heterocycles. The maximum absolute atomic E-state index is 13.0. The zero-order valence-electron chi connectivity index (χ0n) is 19.8. The van der Waals surface area contributed by atoms with Crippen molar-refractivity contribution in [1.82, 2.24) is 21.4 Å². The lowest BCUT2D eigenvalue weighted by molar-refractivity contribution is -0.145. The summed E-state index contributed by atoms with van der Waals surface area (Å²) in [5, 5.41) is 16.3. The second-order valence-electron chi connectivity index (χ2n) is 7.89. The van der Waals surface area contributed by atoms with Crippen molar-refractivity contribution in [2.24, 2.45) is 0 Å². The largest absolute Gasteiger partial charge is 0.467 e. The van der Waals surface area contributed by atoms with E-state index in [4.69, 9.17) is 9.94 Å². The first kappa shape index (κ1) is 28.6. The molecule has 1 rings (SSSR count). The van der Waals surface area contributed by atoms with Crippen molar-refractivity contribution in [3.63, 3.8) is 0 Å². The molecule has 0 heterocycles. The maximum Gasteiger partial charge on any atom is 0.328 e. The van der Waals surface area contributed by atoms with Crippen molar-refractivity contribution in [2.45, 2.75) is 70.5 Å². The second-order valence-corrected chi connectivity index (χ2v) is 7.89. The number of rotatable bonds is 14. The molecule has 34 heavy (non-hydrogen) atoms. The molecule has 0 radical (unpaired) electrons. The van der Waals surface area contributed by atoms with Crippen LogP contribution in [0.3, 0.4) is 0 Å². The summed E-state index contributed by atoms with van der Waals surface area (Å²) in [5.41, 5.74) is 2.38. The van der Waals surface area contributed by atoms with Crippen LogP contribution in [0.15, 0.2) is 30.3 Å². The van der Waals surface area contributed by atoms with Crippen LogP contribution in [0.5, 0.6) is 0 Å². The summed E-state index contributed by atoms with van der Waals surface area (Å²) in [4.78, 5) is 60.2. The molecule has 11 heteroatoms. The second kappa shape index (κ2) is 15.4. The fraction of sp³-hybridized carbons (Fsp3) is 0.522. The Morgan fingerprint density at radius 2 is 1.56 bits per heavy atom. The highest BCUT2D eigenvalue weighted by Gasteiger charge is 2.28. The lowest BCUT2D eigenvalue weighted by Gasteiger charge is -2.24. The Morgan fingerprint density at radius 3 is 2.15 bits per heavy atom. The quantitative estimate of drug-likeness (QED) is 0.111. The average molecular weight is 479 g/mol. The number of ether oxygens (including phenoxy) is 1. The van der Waals surface area contributed by atoms with Gasteiger partial charge in [-0.25, -0.2) is 10.3 Å². The number of carbonyl (C=O) groups is 5. The molecule has 1 aromatic rings. The summed E-state index contributed by atoms with van der Waals surface area (Å²) < 4.78 is 4.83. The van der Waals surface area contributed by atoms with Gasteiger partial charge in [-0.05, 0) is 25.3 Å². The fourth-order valence-corrected chi connectivity index (χ4v) is 3.26. The van der Waals surface area contributed by atoms with Crippen LogP contribution in [-0.4, -0.2) is 60.0 Å². The van der Waals surface area contributed by atoms with E-state index in [0.29, 0.717) is 19.3 Å². The summed E-state index contributed by atoms with van der Waals surface area (Å²) in [6, 6.07) is 6.31. The Balaban J connectivity index is 2.87. The molecule has 1 aromatic carbocycles. The molecule has 0 bridgehead atoms. The number of hydroxylamine groups is 1. The molecule has 4 amide bonds. The van der Waals surface area contributed by atoms with Crippen LogP contribution in [0.4, 0.5) is 0 Å². The first-order valence-electron chi connectivity index (χ1n) is 11.1. The molecule has 0 aliphatic heterocycles. The van der Waals surface area contributed by atoms with Gasteiger partial charge in [-0.1, -0.05) is 43.2 Å². The number of amides is 4. The predicted molar refractivity (Wildman–Crippen MR) is 122 cm³/mol. The van der Waals surface area contributed by atoms with Crippen molar-refractivity contribution >= 4 is 29.6 Å². The van der Waals surface area contributed by atoms with E-state index in [9.17, 15) is 24.0 Å². The molecule has 0 aliphatic rings. The molecule has 0 spiro atoms. The van der Waals surface area contributed by atoms with Crippen LogP contribution in [0, 0.1) is 0 Å². The predicted octanol–water partition coefficient (Wildman–Crippen LogP) is 0.352. The van der Waals surface area contributed by atoms with Crippen molar-refractivity contribution in [3.05, 3.63) is 35.9 Å². The van der Waals surface area contributed by atoms with E-state index >= 15 is 0 Å². The Labute approximate surface area is 199 Å². The van der Waals surface area contributed by atoms with E-state index < -0.39 is 41.8 Å². The SMILES string of the molecule is COC(=O)[C@H](Cc1ccccc1)NC(=O)[C@H](CCCCCC(=O)NO)NC(=O)[C@H](C)NC(C)=O. The van der Waals surface area contributed by atoms with Gasteiger partial charge in [0.2, 0.25) is 23.6 Å². The Morgan fingerprint density at radius 1 is 0.912 bits per heavy atom. The Kier molecular flexibility index (Phi) is 12.9. The Bertz CT molecular complexity index is 832. The molecule has 0 aliphatic carbocycles. The van der Waals surface area contributed by atoms with Crippen LogP contribution in [0.25, 0.3) is 0 Å². The van der Waals surface area contributed by atoms with Crippen molar-refractivity contribution in [1.29, 1.82) is 0 Å². The molecule has 11 nitrogen and oxygen atoms in total. The number of nitrogens with one attached hydrogen (secondary N) is 4. The molecule has 0 unspecified atom stereocenters. The minimum atomic E-state index is -0.974. The van der Waals surface area contributed by atoms with Crippen molar-refractivity contribution in [3.8, 4) is 0 Å². The monoisotopic (exact) mass is 478 g/mol. The van der Waals surface area contributed by atoms with Gasteiger partial charge in [0, 0.05) is 19.8 Å². The van der Waals surface area contributed by atoms with Gasteiger partial charge >= 0.3 is 5.97 Å². The lowest BCUT2D eigenvalue weighted by atomic mass is 10.0. The van der Waals surface area contributed by atoms with E-state index in [2.05, 4.69) is 16.0 Å². The van der Waals surface area contributed by atoms with Crippen LogP contribution in [0.2, 0.25) is 0 Å². The first-order valence-corrected chi connectivity index (χ1v) is 11.1. The topological polar surface area (TPSA) is 163 Å². The van der Waals surface area contributed by atoms with Gasteiger partial charge in [0.15, 0.2) is 0 Å². The highest BCUT2D eigenvalue weighted by molar-refractivity contribution is 5.93. The van der Waals surface area contributed by atoms with E-state index in [-0.39, 0.29) is 25.2 Å². The number of esters is 1. The number of carbonyl (C=O) groups excluding carboxylic acids is 5. The van der Waals surface area contributed by atoms with Gasteiger partial charge in [0.1, 0.15) is 18.1 Å². The highest BCUT2D eigenvalue weighted by Crippen LogP contribution is 2.09. The summed E-state index contributed by atoms with van der Waals surface area (Å²) >= 11 is 0. The molecule has 0 fully saturated rings. The number of unbranched alkanes of at least 4 members (excludes halogenated alkanes) is 2. The third kappa shape index (κ3) is 10.9. The molecular formula is C23H34N4O7. The van der Waals surface area contributed by atoms with Gasteiger partial charge < -0.3 is 20.7 Å². The molecule has 0 aromatic heterocycles. The normalized spacial score (nSPS) is 13.1. The van der Waals surface area contributed by atoms with Gasteiger partial charge in [0.05, 0.1) is 7.11 Å². The Hall–Kier alpha value is -3.47. The lowest BCUT2D eigenvalue weighted by Crippen LogP contribution is -2.55. The van der Waals surface area contributed by atoms with Gasteiger partial charge in [-0.3, -0.25) is 24.4 Å². The van der Waals surface area contributed by atoms with E-state index in [1.165, 1.54) is 21.0 Å². The van der Waals surface area contributed by atoms with Crippen LogP contribution < -0.4 is 21.4 Å². The average Bonchev–Trinajstić information content (AvgIpc) is 2.81. The van der Waals surface area contributed by atoms with E-state index in [0.717, 1.165) is 5.56 Å². The van der Waals surface area contributed by atoms with Gasteiger partial charge in [-0.15, -0.1) is 0 Å². The van der Waals surface area contributed by atoms with E-state index in [1.54, 1.807) is 5.48 Å². The highest BCUT2D eigenvalue weighted by atomic mass is 16.5. The number of hydrogen-bond acceptors (Lipinski definition) is 7. The van der Waals surface area contributed by atoms with Crippen LogP contribution in [-0.2, 0) is 35.1 Å². The summed E-state index contributed by atoms with van der Waals surface area (Å²) in [5.74, 6) is -2.63. The molecule has 0 saturated carbocycles. The van der Waals surface area contributed by atoms with Crippen LogP contribution >= 0.6 is 0 Å². The molecular weight excluding hydrogens is 444 g/mol. The van der Waals surface area contributed by atoms with Crippen LogP contribution in [0.1, 0.15) is 51.5 Å². The molecule has 5 N–H and O–H groups in total. The van der Waals surface area contributed by atoms with Gasteiger partial charge in [0.25, 0.3) is 0 Å². The first-order chi connectivity index (χ1) is 16.2. The summed E-state index contributed by atoms with van der Waals surface area (Å²) in [7, 11) is 1.23. The number of methoxy groups -OCH3 is 1. The molecule has 3 atom stereocenters. The third-order valence-corrected chi connectivity index (χ3v) is 5.05. The van der Waals surface area contributed by atoms with E-state index in [1.807, 2.05) is 30.3 Å². The zero-order chi connectivity index (χ0) is 25.5. The standard InChI is InChI=1S/C23H34N4O7/c1-15(24-16(2)28)21(30)25-18(12-8-5-9-13-20(29)27-33)22(31)26-19(23(32)34-3)14-17-10-6-4-7-11-17/h4,6-7,10-11,15,18-19,33H,5,8-9,12-14H2,1-3H3,(H,24,28)(H,25,30)(H,26,31)(H,27,29)/t15-,18-,19-/m0/s1. The zero-order valence-corrected chi connectivity index (χ0v) is 19.8. The number of hydrogen-bond donors (Lipinski definition) is 5. The van der Waals surface area contributed by atoms with Crippen molar-refractivity contribution < 1.29 is 33.9 Å². The summed E-state index contributed by atoms with van der Waals surface area (Å²) in [6.07, 6.45) is 2.12. The van der Waals surface area contributed by atoms with Gasteiger partial charge in [-0.2, -0.15) is 0 Å². The summed E-state index contributed by atoms with van der Waals surface area (Å²) in [6.45, 7) is 2.77. The minimum Gasteiger partial charge on any atom is -0.467 e. The maximum atomic E-state index is 13.0. The minimum absolute atomic E-state index is 0.126. The van der Waals surface area contributed by atoms with Crippen molar-refractivity contribution in [2.75, 3.05) is 7.11 Å². The molecule has 188 valence electrons.